The Bertz CT molecular complexity index is 1070. The fourth-order valence-corrected chi connectivity index (χ4v) is 3.72. The van der Waals surface area contributed by atoms with Gasteiger partial charge in [-0.25, -0.2) is 4.98 Å². The summed E-state index contributed by atoms with van der Waals surface area (Å²) in [6.07, 6.45) is 0.148. The smallest absolute Gasteiger partial charge is 0.292 e. The Morgan fingerprint density at radius 2 is 1.90 bits per heavy atom. The third kappa shape index (κ3) is 5.70. The summed E-state index contributed by atoms with van der Waals surface area (Å²) in [6, 6.07) is 11.9. The Kier molecular flexibility index (Phi) is 7.39. The molecule has 2 N–H and O–H groups in total. The standard InChI is InChI=1S/C21H22N4O5S/c1-29-18-8-7-14(11-19(18)30-2)21-24-15(13-31-21)12-20(26)23-10-9-22-16-5-3-4-6-17(16)25(27)28/h3-8,11,13,22H,9-10,12H2,1-2H3,(H,23,26). The lowest BCUT2D eigenvalue weighted by molar-refractivity contribution is -0.384. The average molecular weight is 442 g/mol. The van der Waals surface area contributed by atoms with E-state index in [1.54, 1.807) is 32.4 Å². The van der Waals surface area contributed by atoms with Crippen LogP contribution in [0.4, 0.5) is 11.4 Å². The predicted molar refractivity (Wildman–Crippen MR) is 119 cm³/mol. The van der Waals surface area contributed by atoms with Crippen LogP contribution in [-0.4, -0.2) is 43.1 Å². The van der Waals surface area contributed by atoms with Crippen molar-refractivity contribution in [1.29, 1.82) is 0 Å². The molecule has 1 heterocycles. The van der Waals surface area contributed by atoms with Crippen LogP contribution in [0.15, 0.2) is 47.8 Å². The number of carbonyl (C=O) groups excluding carboxylic acids is 1. The van der Waals surface area contributed by atoms with Crippen molar-refractivity contribution >= 4 is 28.6 Å². The number of aromatic nitrogens is 1. The quantitative estimate of drug-likeness (QED) is 0.280. The van der Waals surface area contributed by atoms with E-state index in [0.29, 0.717) is 36.0 Å². The average Bonchev–Trinajstić information content (AvgIpc) is 3.24. The van der Waals surface area contributed by atoms with E-state index in [0.717, 1.165) is 10.6 Å². The van der Waals surface area contributed by atoms with E-state index in [4.69, 9.17) is 9.47 Å². The molecular weight excluding hydrogens is 420 g/mol. The van der Waals surface area contributed by atoms with Gasteiger partial charge in [0.2, 0.25) is 5.91 Å². The van der Waals surface area contributed by atoms with Crippen molar-refractivity contribution in [2.75, 3.05) is 32.6 Å². The third-order valence-corrected chi connectivity index (χ3v) is 5.33. The molecule has 2 aromatic carbocycles. The van der Waals surface area contributed by atoms with Crippen LogP contribution in [0.2, 0.25) is 0 Å². The van der Waals surface area contributed by atoms with Gasteiger partial charge in [0.25, 0.3) is 5.69 Å². The molecule has 0 fully saturated rings. The summed E-state index contributed by atoms with van der Waals surface area (Å²) >= 11 is 1.44. The zero-order valence-corrected chi connectivity index (χ0v) is 17.9. The maximum atomic E-state index is 12.2. The van der Waals surface area contributed by atoms with Crippen LogP contribution in [0.25, 0.3) is 10.6 Å². The zero-order chi connectivity index (χ0) is 22.2. The van der Waals surface area contributed by atoms with E-state index < -0.39 is 4.92 Å². The first-order valence-corrected chi connectivity index (χ1v) is 10.3. The van der Waals surface area contributed by atoms with E-state index in [1.165, 1.54) is 17.4 Å². The number of carbonyl (C=O) groups is 1. The van der Waals surface area contributed by atoms with Crippen LogP contribution in [0.3, 0.4) is 0 Å². The Balaban J connectivity index is 1.51. The molecule has 0 radical (unpaired) electrons. The molecule has 0 aliphatic heterocycles. The highest BCUT2D eigenvalue weighted by atomic mass is 32.1. The van der Waals surface area contributed by atoms with Crippen LogP contribution in [0.5, 0.6) is 11.5 Å². The van der Waals surface area contributed by atoms with Gasteiger partial charge in [-0.1, -0.05) is 12.1 Å². The number of ether oxygens (including phenoxy) is 2. The lowest BCUT2D eigenvalue weighted by Gasteiger charge is -2.08. The van der Waals surface area contributed by atoms with Gasteiger partial charge < -0.3 is 20.1 Å². The number of nitro benzene ring substituents is 1. The third-order valence-electron chi connectivity index (χ3n) is 4.39. The predicted octanol–water partition coefficient (Wildman–Crippen LogP) is 3.51. The first kappa shape index (κ1) is 22.0. The van der Waals surface area contributed by atoms with Crippen molar-refractivity contribution in [3.05, 3.63) is 63.7 Å². The molecule has 9 nitrogen and oxygen atoms in total. The molecule has 0 bridgehead atoms. The van der Waals surface area contributed by atoms with Crippen LogP contribution in [0.1, 0.15) is 5.69 Å². The van der Waals surface area contributed by atoms with Gasteiger partial charge in [0.15, 0.2) is 11.5 Å². The summed E-state index contributed by atoms with van der Waals surface area (Å²) in [4.78, 5) is 27.3. The maximum Gasteiger partial charge on any atom is 0.292 e. The first-order valence-electron chi connectivity index (χ1n) is 9.42. The van der Waals surface area contributed by atoms with E-state index in [2.05, 4.69) is 15.6 Å². The van der Waals surface area contributed by atoms with E-state index >= 15 is 0 Å². The molecule has 1 aromatic heterocycles. The molecule has 0 atom stereocenters. The molecule has 3 rings (SSSR count). The highest BCUT2D eigenvalue weighted by Gasteiger charge is 2.13. The van der Waals surface area contributed by atoms with Gasteiger partial charge >= 0.3 is 0 Å². The van der Waals surface area contributed by atoms with Gasteiger partial charge in [-0.15, -0.1) is 11.3 Å². The minimum atomic E-state index is -0.445. The summed E-state index contributed by atoms with van der Waals surface area (Å²) in [7, 11) is 3.15. The molecular formula is C21H22N4O5S. The monoisotopic (exact) mass is 442 g/mol. The molecule has 10 heteroatoms. The number of methoxy groups -OCH3 is 2. The van der Waals surface area contributed by atoms with Crippen LogP contribution < -0.4 is 20.1 Å². The highest BCUT2D eigenvalue weighted by molar-refractivity contribution is 7.13. The summed E-state index contributed by atoms with van der Waals surface area (Å²) in [5.41, 5.74) is 1.96. The Morgan fingerprint density at radius 3 is 2.65 bits per heavy atom. The Labute approximate surface area is 183 Å². The largest absolute Gasteiger partial charge is 0.493 e. The number of nitro groups is 1. The second-order valence-electron chi connectivity index (χ2n) is 6.44. The molecule has 162 valence electrons. The van der Waals surface area contributed by atoms with Gasteiger partial charge in [-0.3, -0.25) is 14.9 Å². The number of thiazole rings is 1. The van der Waals surface area contributed by atoms with Crippen LogP contribution in [0, 0.1) is 10.1 Å². The molecule has 31 heavy (non-hydrogen) atoms. The molecule has 0 spiro atoms. The van der Waals surface area contributed by atoms with Gasteiger partial charge in [-0.05, 0) is 24.3 Å². The van der Waals surface area contributed by atoms with Crippen molar-refractivity contribution in [3.8, 4) is 22.1 Å². The summed E-state index contributed by atoms with van der Waals surface area (Å²) in [6.45, 7) is 0.697. The number of rotatable bonds is 10. The lowest BCUT2D eigenvalue weighted by Crippen LogP contribution is -2.30. The number of hydrogen-bond donors (Lipinski definition) is 2. The van der Waals surface area contributed by atoms with E-state index in [-0.39, 0.29) is 18.0 Å². The lowest BCUT2D eigenvalue weighted by atomic mass is 10.2. The van der Waals surface area contributed by atoms with Crippen molar-refractivity contribution in [2.24, 2.45) is 0 Å². The number of para-hydroxylation sites is 2. The van der Waals surface area contributed by atoms with Crippen molar-refractivity contribution in [2.45, 2.75) is 6.42 Å². The van der Waals surface area contributed by atoms with Crippen LogP contribution in [-0.2, 0) is 11.2 Å². The first-order chi connectivity index (χ1) is 15.0. The summed E-state index contributed by atoms with van der Waals surface area (Å²) < 4.78 is 10.6. The fourth-order valence-electron chi connectivity index (χ4n) is 2.90. The molecule has 0 saturated heterocycles. The molecule has 1 amide bonds. The van der Waals surface area contributed by atoms with Gasteiger partial charge in [0.1, 0.15) is 10.7 Å². The highest BCUT2D eigenvalue weighted by Crippen LogP contribution is 2.33. The number of anilines is 1. The molecule has 0 saturated carbocycles. The Morgan fingerprint density at radius 1 is 1.13 bits per heavy atom. The fraction of sp³-hybridized carbons (Fsp3) is 0.238. The van der Waals surface area contributed by atoms with Crippen LogP contribution >= 0.6 is 11.3 Å². The molecule has 0 aliphatic rings. The van der Waals surface area contributed by atoms with Gasteiger partial charge in [0, 0.05) is 30.1 Å². The zero-order valence-electron chi connectivity index (χ0n) is 17.1. The van der Waals surface area contributed by atoms with Gasteiger partial charge in [0.05, 0.1) is 31.3 Å². The number of nitrogens with one attached hydrogen (secondary N) is 2. The number of nitrogens with zero attached hydrogens (tertiary/aromatic N) is 2. The second kappa shape index (κ2) is 10.4. The normalized spacial score (nSPS) is 10.4. The molecule has 0 unspecified atom stereocenters. The number of amides is 1. The SMILES string of the molecule is COc1ccc(-c2nc(CC(=O)NCCNc3ccccc3[N+](=O)[O-])cs2)cc1OC. The van der Waals surface area contributed by atoms with Gasteiger partial charge in [-0.2, -0.15) is 0 Å². The topological polar surface area (TPSA) is 116 Å². The number of hydrogen-bond acceptors (Lipinski definition) is 8. The van der Waals surface area contributed by atoms with E-state index in [9.17, 15) is 14.9 Å². The van der Waals surface area contributed by atoms with Crippen molar-refractivity contribution in [1.82, 2.24) is 10.3 Å². The maximum absolute atomic E-state index is 12.2. The molecule has 0 aliphatic carbocycles. The second-order valence-corrected chi connectivity index (χ2v) is 7.30. The minimum Gasteiger partial charge on any atom is -0.493 e. The van der Waals surface area contributed by atoms with E-state index in [1.807, 2.05) is 23.6 Å². The summed E-state index contributed by atoms with van der Waals surface area (Å²) in [5.74, 6) is 1.08. The number of benzene rings is 2. The molecule has 3 aromatic rings. The Hall–Kier alpha value is -3.66. The summed E-state index contributed by atoms with van der Waals surface area (Å²) in [5, 5.41) is 19.4. The van der Waals surface area contributed by atoms with Crippen molar-refractivity contribution < 1.29 is 19.2 Å². The minimum absolute atomic E-state index is 0.000934. The van der Waals surface area contributed by atoms with Crippen molar-refractivity contribution in [3.63, 3.8) is 0 Å².